The molecule has 110 valence electrons. The van der Waals surface area contributed by atoms with Crippen LogP contribution in [0.2, 0.25) is 0 Å². The van der Waals surface area contributed by atoms with Gasteiger partial charge in [-0.2, -0.15) is 0 Å². The first-order valence-electron chi connectivity index (χ1n) is 7.09. The zero-order valence-corrected chi connectivity index (χ0v) is 11.8. The summed E-state index contributed by atoms with van der Waals surface area (Å²) < 4.78 is 0. The minimum absolute atomic E-state index is 0.0365. The van der Waals surface area contributed by atoms with Crippen LogP contribution in [0.4, 0.5) is 0 Å². The smallest absolute Gasteiger partial charge is 0.239 e. The van der Waals surface area contributed by atoms with Crippen molar-refractivity contribution in [3.63, 3.8) is 0 Å². The fraction of sp³-hybridized carbons (Fsp3) is 0.846. The molecule has 1 heterocycles. The molecule has 1 atom stereocenters. The number of nitrogens with zero attached hydrogens (tertiary/aromatic N) is 2. The number of carbonyl (C=O) groups is 2. The lowest BCUT2D eigenvalue weighted by molar-refractivity contribution is -0.132. The van der Waals surface area contributed by atoms with Crippen LogP contribution < -0.4 is 11.5 Å². The third-order valence-electron chi connectivity index (χ3n) is 3.47. The van der Waals surface area contributed by atoms with Gasteiger partial charge in [-0.05, 0) is 12.8 Å². The van der Waals surface area contributed by atoms with Gasteiger partial charge in [0.05, 0.1) is 12.6 Å². The van der Waals surface area contributed by atoms with Crippen molar-refractivity contribution in [2.24, 2.45) is 11.5 Å². The zero-order valence-electron chi connectivity index (χ0n) is 11.8. The van der Waals surface area contributed by atoms with Gasteiger partial charge in [-0.25, -0.2) is 0 Å². The topological polar surface area (TPSA) is 92.7 Å². The van der Waals surface area contributed by atoms with Gasteiger partial charge in [0.25, 0.3) is 0 Å². The van der Waals surface area contributed by atoms with Gasteiger partial charge >= 0.3 is 0 Å². The number of hydrogen-bond donors (Lipinski definition) is 2. The van der Waals surface area contributed by atoms with Crippen molar-refractivity contribution >= 4 is 11.8 Å². The summed E-state index contributed by atoms with van der Waals surface area (Å²) in [6.07, 6.45) is 3.64. The third kappa shape index (κ3) is 5.57. The molecule has 0 unspecified atom stereocenters. The van der Waals surface area contributed by atoms with Crippen LogP contribution in [-0.2, 0) is 9.59 Å². The predicted octanol–water partition coefficient (Wildman–Crippen LogP) is -0.476. The molecule has 1 rings (SSSR count). The van der Waals surface area contributed by atoms with Crippen LogP contribution in [0.1, 0.15) is 32.6 Å². The quantitative estimate of drug-likeness (QED) is 0.682. The largest absolute Gasteiger partial charge is 0.369 e. The Balaban J connectivity index is 2.43. The summed E-state index contributed by atoms with van der Waals surface area (Å²) >= 11 is 0. The fourth-order valence-electron chi connectivity index (χ4n) is 2.35. The molecule has 19 heavy (non-hydrogen) atoms. The number of carbonyl (C=O) groups excluding carboxylic acids is 2. The predicted molar refractivity (Wildman–Crippen MR) is 74.3 cm³/mol. The number of hydrogen-bond acceptors (Lipinski definition) is 4. The first-order valence-corrected chi connectivity index (χ1v) is 7.09. The zero-order chi connectivity index (χ0) is 14.3. The van der Waals surface area contributed by atoms with Gasteiger partial charge in [-0.3, -0.25) is 14.5 Å². The number of primary amides is 1. The summed E-state index contributed by atoms with van der Waals surface area (Å²) in [6.45, 7) is 5.20. The molecule has 0 aromatic heterocycles. The van der Waals surface area contributed by atoms with Crippen molar-refractivity contribution in [1.82, 2.24) is 9.80 Å². The Morgan fingerprint density at radius 1 is 1.21 bits per heavy atom. The lowest BCUT2D eigenvalue weighted by atomic mass is 10.1. The van der Waals surface area contributed by atoms with E-state index in [2.05, 4.69) is 6.92 Å². The molecule has 6 heteroatoms. The van der Waals surface area contributed by atoms with Gasteiger partial charge in [-0.15, -0.1) is 0 Å². The van der Waals surface area contributed by atoms with Crippen LogP contribution in [0.5, 0.6) is 0 Å². The van der Waals surface area contributed by atoms with Gasteiger partial charge in [0, 0.05) is 26.2 Å². The standard InChI is InChI=1S/C13H26N4O2/c1-2-3-5-11(14)13(19)17-7-4-6-16(8-9-17)10-12(15)18/h11H,2-10,14H2,1H3,(H2,15,18)/t11-/m0/s1. The summed E-state index contributed by atoms with van der Waals surface area (Å²) in [5.74, 6) is -0.284. The monoisotopic (exact) mass is 270 g/mol. The van der Waals surface area contributed by atoms with Crippen molar-refractivity contribution in [3.05, 3.63) is 0 Å². The maximum atomic E-state index is 12.2. The van der Waals surface area contributed by atoms with Gasteiger partial charge < -0.3 is 16.4 Å². The highest BCUT2D eigenvalue weighted by Gasteiger charge is 2.23. The molecule has 0 aromatic rings. The van der Waals surface area contributed by atoms with E-state index in [0.717, 1.165) is 32.2 Å². The van der Waals surface area contributed by atoms with Gasteiger partial charge in [0.15, 0.2) is 0 Å². The molecule has 0 aliphatic carbocycles. The maximum Gasteiger partial charge on any atom is 0.239 e. The molecule has 1 fully saturated rings. The molecular weight excluding hydrogens is 244 g/mol. The lowest BCUT2D eigenvalue weighted by Gasteiger charge is -2.24. The van der Waals surface area contributed by atoms with Crippen LogP contribution >= 0.6 is 0 Å². The average Bonchev–Trinajstić information content (AvgIpc) is 2.60. The minimum atomic E-state index is -0.386. The first-order chi connectivity index (χ1) is 9.04. The van der Waals surface area contributed by atoms with E-state index >= 15 is 0 Å². The molecule has 2 amide bonds. The summed E-state index contributed by atoms with van der Waals surface area (Å²) in [4.78, 5) is 26.9. The molecule has 0 saturated carbocycles. The van der Waals surface area contributed by atoms with Crippen LogP contribution in [0.3, 0.4) is 0 Å². The molecule has 1 saturated heterocycles. The second-order valence-electron chi connectivity index (χ2n) is 5.17. The molecule has 0 aromatic carbocycles. The Labute approximate surface area is 115 Å². The van der Waals surface area contributed by atoms with E-state index in [-0.39, 0.29) is 24.4 Å². The van der Waals surface area contributed by atoms with Crippen LogP contribution in [0.25, 0.3) is 0 Å². The molecule has 0 bridgehead atoms. The number of amides is 2. The Morgan fingerprint density at radius 2 is 1.95 bits per heavy atom. The minimum Gasteiger partial charge on any atom is -0.369 e. The van der Waals surface area contributed by atoms with Crippen molar-refractivity contribution in [3.8, 4) is 0 Å². The van der Waals surface area contributed by atoms with E-state index in [0.29, 0.717) is 19.6 Å². The Morgan fingerprint density at radius 3 is 2.58 bits per heavy atom. The summed E-state index contributed by atoms with van der Waals surface area (Å²) in [6, 6.07) is -0.386. The second-order valence-corrected chi connectivity index (χ2v) is 5.17. The second kappa shape index (κ2) is 8.12. The molecule has 1 aliphatic rings. The Hall–Kier alpha value is -1.14. The molecule has 0 radical (unpaired) electrons. The summed E-state index contributed by atoms with van der Waals surface area (Å²) in [5, 5.41) is 0. The SMILES string of the molecule is CCCC[C@H](N)C(=O)N1CCCN(CC(N)=O)CC1. The molecule has 6 nitrogen and oxygen atoms in total. The normalized spacial score (nSPS) is 18.9. The van der Waals surface area contributed by atoms with Crippen LogP contribution in [-0.4, -0.2) is 60.4 Å². The van der Waals surface area contributed by atoms with E-state index < -0.39 is 0 Å². The molecule has 4 N–H and O–H groups in total. The Kier molecular flexibility index (Phi) is 6.80. The molecule has 0 spiro atoms. The highest BCUT2D eigenvalue weighted by atomic mass is 16.2. The Bertz CT molecular complexity index is 309. The van der Waals surface area contributed by atoms with E-state index in [1.807, 2.05) is 9.80 Å². The van der Waals surface area contributed by atoms with E-state index in [1.165, 1.54) is 0 Å². The van der Waals surface area contributed by atoms with Crippen molar-refractivity contribution in [1.29, 1.82) is 0 Å². The van der Waals surface area contributed by atoms with Crippen molar-refractivity contribution in [2.75, 3.05) is 32.7 Å². The molecular formula is C13H26N4O2. The number of nitrogens with two attached hydrogens (primary N) is 2. The maximum absolute atomic E-state index is 12.2. The highest BCUT2D eigenvalue weighted by molar-refractivity contribution is 5.81. The molecule has 1 aliphatic heterocycles. The van der Waals surface area contributed by atoms with Crippen LogP contribution in [0, 0.1) is 0 Å². The lowest BCUT2D eigenvalue weighted by Crippen LogP contribution is -2.45. The first kappa shape index (κ1) is 15.9. The van der Waals surface area contributed by atoms with Crippen LogP contribution in [0.15, 0.2) is 0 Å². The number of rotatable bonds is 6. The fourth-order valence-corrected chi connectivity index (χ4v) is 2.35. The highest BCUT2D eigenvalue weighted by Crippen LogP contribution is 2.07. The summed E-state index contributed by atoms with van der Waals surface area (Å²) in [5.41, 5.74) is 11.1. The van der Waals surface area contributed by atoms with Gasteiger partial charge in [-0.1, -0.05) is 19.8 Å². The van der Waals surface area contributed by atoms with Gasteiger partial charge in [0.1, 0.15) is 0 Å². The third-order valence-corrected chi connectivity index (χ3v) is 3.47. The van der Waals surface area contributed by atoms with Crippen molar-refractivity contribution < 1.29 is 9.59 Å². The summed E-state index contributed by atoms with van der Waals surface area (Å²) in [7, 11) is 0. The average molecular weight is 270 g/mol. The van der Waals surface area contributed by atoms with Crippen molar-refractivity contribution in [2.45, 2.75) is 38.6 Å². The van der Waals surface area contributed by atoms with E-state index in [9.17, 15) is 9.59 Å². The number of unbranched alkanes of at least 4 members (excludes halogenated alkanes) is 1. The van der Waals surface area contributed by atoms with Gasteiger partial charge in [0.2, 0.25) is 11.8 Å². The van der Waals surface area contributed by atoms with E-state index in [4.69, 9.17) is 11.5 Å². The van der Waals surface area contributed by atoms with E-state index in [1.54, 1.807) is 0 Å².